The summed E-state index contributed by atoms with van der Waals surface area (Å²) in [6, 6.07) is 5.98. The van der Waals surface area contributed by atoms with Gasteiger partial charge in [-0.05, 0) is 25.0 Å². The van der Waals surface area contributed by atoms with Gasteiger partial charge in [0.25, 0.3) is 0 Å². The van der Waals surface area contributed by atoms with E-state index in [1.54, 1.807) is 7.05 Å². The Morgan fingerprint density at radius 3 is 2.81 bits per heavy atom. The molecule has 0 radical (unpaired) electrons. The van der Waals surface area contributed by atoms with Crippen molar-refractivity contribution in [2.75, 3.05) is 33.4 Å². The summed E-state index contributed by atoms with van der Waals surface area (Å²) in [5.74, 6) is 0.846. The van der Waals surface area contributed by atoms with Crippen molar-refractivity contribution < 1.29 is 4.74 Å². The van der Waals surface area contributed by atoms with Crippen molar-refractivity contribution in [1.82, 2.24) is 15.6 Å². The lowest BCUT2D eigenvalue weighted by Crippen LogP contribution is -2.39. The van der Waals surface area contributed by atoms with Crippen LogP contribution in [0.15, 0.2) is 41.0 Å². The van der Waals surface area contributed by atoms with Gasteiger partial charge in [0.2, 0.25) is 0 Å². The van der Waals surface area contributed by atoms with Crippen molar-refractivity contribution >= 4 is 5.96 Å². The Balaban J connectivity index is 1.63. The van der Waals surface area contributed by atoms with Crippen molar-refractivity contribution in [3.63, 3.8) is 0 Å². The minimum atomic E-state index is 0.756. The van der Waals surface area contributed by atoms with Gasteiger partial charge >= 0.3 is 0 Å². The van der Waals surface area contributed by atoms with E-state index in [1.807, 2.05) is 24.4 Å². The summed E-state index contributed by atoms with van der Waals surface area (Å²) in [6.45, 7) is 3.33. The fourth-order valence-corrected chi connectivity index (χ4v) is 2.21. The van der Waals surface area contributed by atoms with Crippen LogP contribution in [0.25, 0.3) is 0 Å². The molecule has 0 saturated heterocycles. The molecular formula is C16H24N4O. The smallest absolute Gasteiger partial charge is 0.190 e. The summed E-state index contributed by atoms with van der Waals surface area (Å²) in [5, 5.41) is 6.65. The highest BCUT2D eigenvalue weighted by molar-refractivity contribution is 5.79. The van der Waals surface area contributed by atoms with Gasteiger partial charge in [-0.25, -0.2) is 0 Å². The molecule has 0 amide bonds. The second kappa shape index (κ2) is 9.13. The molecule has 0 spiro atoms. The molecule has 0 atom stereocenters. The Hall–Kier alpha value is -1.88. The van der Waals surface area contributed by atoms with E-state index in [-0.39, 0.29) is 0 Å². The first-order chi connectivity index (χ1) is 10.4. The van der Waals surface area contributed by atoms with Gasteiger partial charge in [0.05, 0.1) is 13.2 Å². The molecule has 0 aliphatic carbocycles. The third-order valence-corrected chi connectivity index (χ3v) is 3.42. The minimum Gasteiger partial charge on any atom is -0.377 e. The van der Waals surface area contributed by atoms with Crippen LogP contribution < -0.4 is 10.6 Å². The van der Waals surface area contributed by atoms with Gasteiger partial charge in [-0.2, -0.15) is 0 Å². The van der Waals surface area contributed by atoms with E-state index in [9.17, 15) is 0 Å². The van der Waals surface area contributed by atoms with Crippen LogP contribution >= 0.6 is 0 Å². The van der Waals surface area contributed by atoms with Crippen molar-refractivity contribution in [1.29, 1.82) is 0 Å². The second-order valence-electron chi connectivity index (χ2n) is 4.93. The van der Waals surface area contributed by atoms with Crippen LogP contribution in [0.3, 0.4) is 0 Å². The molecule has 1 aliphatic rings. The Labute approximate surface area is 126 Å². The number of nitrogens with zero attached hydrogens (tertiary/aromatic N) is 2. The van der Waals surface area contributed by atoms with Gasteiger partial charge in [-0.1, -0.05) is 17.7 Å². The molecular weight excluding hydrogens is 264 g/mol. The van der Waals surface area contributed by atoms with Crippen molar-refractivity contribution in [3.05, 3.63) is 41.7 Å². The number of aliphatic imine (C=N–C) groups is 1. The molecule has 1 aromatic rings. The Kier molecular flexibility index (Phi) is 6.74. The van der Waals surface area contributed by atoms with E-state index < -0.39 is 0 Å². The van der Waals surface area contributed by atoms with Crippen LogP contribution in [0.5, 0.6) is 0 Å². The lowest BCUT2D eigenvalue weighted by Gasteiger charge is -2.15. The summed E-state index contributed by atoms with van der Waals surface area (Å²) in [4.78, 5) is 8.54. The van der Waals surface area contributed by atoms with E-state index in [0.29, 0.717) is 0 Å². The molecule has 5 nitrogen and oxygen atoms in total. The van der Waals surface area contributed by atoms with Gasteiger partial charge < -0.3 is 15.4 Å². The molecule has 21 heavy (non-hydrogen) atoms. The van der Waals surface area contributed by atoms with Gasteiger partial charge in [0.1, 0.15) is 0 Å². The summed E-state index contributed by atoms with van der Waals surface area (Å²) >= 11 is 0. The van der Waals surface area contributed by atoms with Gasteiger partial charge in [0, 0.05) is 38.4 Å². The Morgan fingerprint density at radius 2 is 2.14 bits per heavy atom. The molecule has 0 unspecified atom stereocenters. The normalized spacial score (nSPS) is 15.5. The van der Waals surface area contributed by atoms with E-state index >= 15 is 0 Å². The number of rotatable bonds is 6. The van der Waals surface area contributed by atoms with E-state index in [2.05, 4.69) is 26.7 Å². The predicted molar refractivity (Wildman–Crippen MR) is 85.4 cm³/mol. The number of guanidine groups is 1. The molecule has 1 aromatic heterocycles. The van der Waals surface area contributed by atoms with Crippen LogP contribution in [0.1, 0.15) is 18.5 Å². The molecule has 0 aromatic carbocycles. The Morgan fingerprint density at radius 1 is 1.29 bits per heavy atom. The van der Waals surface area contributed by atoms with Crippen LogP contribution in [0.2, 0.25) is 0 Å². The first kappa shape index (κ1) is 15.5. The van der Waals surface area contributed by atoms with Crippen molar-refractivity contribution in [2.24, 2.45) is 4.99 Å². The first-order valence-electron chi connectivity index (χ1n) is 7.48. The van der Waals surface area contributed by atoms with E-state index in [1.165, 1.54) is 5.57 Å². The minimum absolute atomic E-state index is 0.756. The van der Waals surface area contributed by atoms with Crippen LogP contribution in [-0.4, -0.2) is 44.3 Å². The first-order valence-corrected chi connectivity index (χ1v) is 7.48. The average Bonchev–Trinajstić information content (AvgIpc) is 2.55. The summed E-state index contributed by atoms with van der Waals surface area (Å²) in [5.41, 5.74) is 2.56. The SMILES string of the molecule is CN=C(NCCC1=CCOCC1)NCCc1ccccn1. The number of nitrogens with one attached hydrogen (secondary N) is 2. The molecule has 0 fully saturated rings. The number of aromatic nitrogens is 1. The average molecular weight is 288 g/mol. The summed E-state index contributed by atoms with van der Waals surface area (Å²) in [6.07, 6.45) is 6.99. The second-order valence-corrected chi connectivity index (χ2v) is 4.93. The zero-order chi connectivity index (χ0) is 14.8. The molecule has 114 valence electrons. The van der Waals surface area contributed by atoms with Crippen LogP contribution in [0, 0.1) is 0 Å². The maximum Gasteiger partial charge on any atom is 0.190 e. The van der Waals surface area contributed by atoms with Gasteiger partial charge in [0.15, 0.2) is 5.96 Å². The van der Waals surface area contributed by atoms with Gasteiger partial charge in [-0.3, -0.25) is 9.98 Å². The quantitative estimate of drug-likeness (QED) is 0.473. The maximum atomic E-state index is 5.30. The molecule has 0 bridgehead atoms. The molecule has 1 aliphatic heterocycles. The topological polar surface area (TPSA) is 58.5 Å². The fourth-order valence-electron chi connectivity index (χ4n) is 2.21. The van der Waals surface area contributed by atoms with E-state index in [0.717, 1.165) is 57.2 Å². The number of pyridine rings is 1. The predicted octanol–water partition coefficient (Wildman–Crippen LogP) is 1.53. The monoisotopic (exact) mass is 288 g/mol. The Bertz CT molecular complexity index is 470. The standard InChI is InChI=1S/C16H24N4O/c1-17-16(19-10-5-14-7-12-21-13-8-14)20-11-6-15-4-2-3-9-18-15/h2-4,7,9H,5-6,8,10-13H2,1H3,(H2,17,19,20). The number of ether oxygens (including phenoxy) is 1. The number of hydrogen-bond acceptors (Lipinski definition) is 3. The molecule has 2 rings (SSSR count). The highest BCUT2D eigenvalue weighted by Gasteiger charge is 2.04. The molecule has 2 N–H and O–H groups in total. The highest BCUT2D eigenvalue weighted by Crippen LogP contribution is 2.10. The summed E-state index contributed by atoms with van der Waals surface area (Å²) < 4.78 is 5.30. The third-order valence-electron chi connectivity index (χ3n) is 3.42. The highest BCUT2D eigenvalue weighted by atomic mass is 16.5. The third kappa shape index (κ3) is 5.95. The summed E-state index contributed by atoms with van der Waals surface area (Å²) in [7, 11) is 1.80. The van der Waals surface area contributed by atoms with Crippen LogP contribution in [-0.2, 0) is 11.2 Å². The zero-order valence-corrected chi connectivity index (χ0v) is 12.6. The molecule has 5 heteroatoms. The molecule has 0 saturated carbocycles. The van der Waals surface area contributed by atoms with E-state index in [4.69, 9.17) is 4.74 Å². The maximum absolute atomic E-state index is 5.30. The lowest BCUT2D eigenvalue weighted by atomic mass is 10.1. The van der Waals surface area contributed by atoms with Crippen LogP contribution in [0.4, 0.5) is 0 Å². The zero-order valence-electron chi connectivity index (χ0n) is 12.6. The van der Waals surface area contributed by atoms with Crippen molar-refractivity contribution in [2.45, 2.75) is 19.3 Å². The lowest BCUT2D eigenvalue weighted by molar-refractivity contribution is 0.153. The fraction of sp³-hybridized carbons (Fsp3) is 0.500. The van der Waals surface area contributed by atoms with Gasteiger partial charge in [-0.15, -0.1) is 0 Å². The largest absolute Gasteiger partial charge is 0.377 e. The number of hydrogen-bond donors (Lipinski definition) is 2. The molecule has 2 heterocycles. The van der Waals surface area contributed by atoms with Crippen molar-refractivity contribution in [3.8, 4) is 0 Å².